The lowest BCUT2D eigenvalue weighted by Gasteiger charge is -2.39. The van der Waals surface area contributed by atoms with Crippen LogP contribution >= 0.6 is 0 Å². The molecule has 5 aromatic rings. The van der Waals surface area contributed by atoms with Gasteiger partial charge in [0.25, 0.3) is 11.8 Å². The van der Waals surface area contributed by atoms with Crippen LogP contribution in [-0.4, -0.2) is 79.5 Å². The summed E-state index contributed by atoms with van der Waals surface area (Å²) in [4.78, 5) is 51.8. The summed E-state index contributed by atoms with van der Waals surface area (Å²) in [5.41, 5.74) is 0.896. The summed E-state index contributed by atoms with van der Waals surface area (Å²) >= 11 is 0. The molecule has 0 unspecified atom stereocenters. The number of ether oxygens (including phenoxy) is 1. The first-order chi connectivity index (χ1) is 22.0. The lowest BCUT2D eigenvalue weighted by Crippen LogP contribution is -2.53. The van der Waals surface area contributed by atoms with Crippen molar-refractivity contribution in [3.05, 3.63) is 83.9 Å². The fraction of sp³-hybridized carbons (Fsp3) is 0.303. The molecule has 3 aromatic heterocycles. The predicted octanol–water partition coefficient (Wildman–Crippen LogP) is 4.91. The van der Waals surface area contributed by atoms with Gasteiger partial charge in [0, 0.05) is 49.5 Å². The van der Waals surface area contributed by atoms with Crippen LogP contribution in [0.2, 0.25) is 0 Å². The van der Waals surface area contributed by atoms with Crippen molar-refractivity contribution in [2.75, 3.05) is 25.0 Å². The molecular weight excluding hydrogens is 591 g/mol. The Morgan fingerprint density at radius 2 is 1.87 bits per heavy atom. The van der Waals surface area contributed by atoms with E-state index in [1.54, 1.807) is 87.6 Å². The monoisotopic (exact) mass is 624 g/mol. The molecule has 0 bridgehead atoms. The summed E-state index contributed by atoms with van der Waals surface area (Å²) in [6.45, 7) is 5.99. The fourth-order valence-electron chi connectivity index (χ4n) is 5.61. The van der Waals surface area contributed by atoms with E-state index in [1.807, 2.05) is 0 Å². The molecule has 1 atom stereocenters. The molecule has 46 heavy (non-hydrogen) atoms. The number of benzene rings is 2. The maximum Gasteiger partial charge on any atom is 0.410 e. The van der Waals surface area contributed by atoms with Gasteiger partial charge in [0.05, 0.1) is 17.3 Å². The molecule has 0 spiro atoms. The van der Waals surface area contributed by atoms with E-state index in [-0.39, 0.29) is 23.8 Å². The van der Waals surface area contributed by atoms with E-state index in [1.165, 1.54) is 21.7 Å². The van der Waals surface area contributed by atoms with E-state index >= 15 is 4.39 Å². The van der Waals surface area contributed by atoms with Gasteiger partial charge in [-0.1, -0.05) is 5.21 Å². The van der Waals surface area contributed by atoms with E-state index < -0.39 is 29.5 Å². The molecule has 1 saturated heterocycles. The van der Waals surface area contributed by atoms with Crippen molar-refractivity contribution in [2.45, 2.75) is 45.3 Å². The van der Waals surface area contributed by atoms with Crippen LogP contribution in [0, 0.1) is 5.82 Å². The van der Waals surface area contributed by atoms with Gasteiger partial charge in [-0.05, 0) is 87.5 Å². The number of amides is 3. The highest BCUT2D eigenvalue weighted by Gasteiger charge is 2.36. The smallest absolute Gasteiger partial charge is 0.410 e. The van der Waals surface area contributed by atoms with Crippen LogP contribution < -0.4 is 10.2 Å². The second-order valence-electron chi connectivity index (χ2n) is 12.1. The minimum Gasteiger partial charge on any atom is -0.444 e. The normalized spacial score (nSPS) is 15.2. The SMILES string of the molecule is CNC(=O)c1ccc2c(N(C(=O)c3ccc(-n4nnc5cccnc54)cc3F)[C@@H]3CCCN(C(=O)OC(C)(C)C)C3)nccc2c1. The van der Waals surface area contributed by atoms with Crippen molar-refractivity contribution in [3.8, 4) is 5.69 Å². The van der Waals surface area contributed by atoms with E-state index in [0.717, 1.165) is 0 Å². The van der Waals surface area contributed by atoms with E-state index in [2.05, 4.69) is 25.6 Å². The molecule has 2 aromatic carbocycles. The summed E-state index contributed by atoms with van der Waals surface area (Å²) in [6, 6.07) is 14.0. The number of fused-ring (bicyclic) bond motifs is 2. The quantitative estimate of drug-likeness (QED) is 0.292. The van der Waals surface area contributed by atoms with Gasteiger partial charge in [0.15, 0.2) is 5.65 Å². The number of pyridine rings is 2. The first kappa shape index (κ1) is 30.6. The maximum atomic E-state index is 15.9. The molecule has 1 aliphatic heterocycles. The van der Waals surface area contributed by atoms with Crippen molar-refractivity contribution in [3.63, 3.8) is 0 Å². The molecule has 3 amide bonds. The number of aromatic nitrogens is 5. The Hall–Kier alpha value is -5.46. The Morgan fingerprint density at radius 1 is 1.04 bits per heavy atom. The zero-order chi connectivity index (χ0) is 32.6. The van der Waals surface area contributed by atoms with Gasteiger partial charge in [0.1, 0.15) is 22.8 Å². The van der Waals surface area contributed by atoms with Crippen LogP contribution in [-0.2, 0) is 4.74 Å². The molecule has 236 valence electrons. The zero-order valence-corrected chi connectivity index (χ0v) is 25.9. The minimum atomic E-state index is -0.769. The Bertz CT molecular complexity index is 1970. The Balaban J connectivity index is 1.42. The van der Waals surface area contributed by atoms with Gasteiger partial charge >= 0.3 is 6.09 Å². The average molecular weight is 625 g/mol. The summed E-state index contributed by atoms with van der Waals surface area (Å²) < 4.78 is 23.0. The number of nitrogens with zero attached hydrogens (tertiary/aromatic N) is 7. The Morgan fingerprint density at radius 3 is 2.63 bits per heavy atom. The van der Waals surface area contributed by atoms with Gasteiger partial charge in [-0.2, -0.15) is 4.68 Å². The van der Waals surface area contributed by atoms with Crippen molar-refractivity contribution in [1.82, 2.24) is 35.2 Å². The Kier molecular flexibility index (Phi) is 8.07. The summed E-state index contributed by atoms with van der Waals surface area (Å²) in [6.07, 6.45) is 3.77. The highest BCUT2D eigenvalue weighted by atomic mass is 19.1. The van der Waals surface area contributed by atoms with Gasteiger partial charge in [-0.25, -0.2) is 19.2 Å². The number of piperidine rings is 1. The van der Waals surface area contributed by atoms with Crippen LogP contribution in [0.4, 0.5) is 15.0 Å². The van der Waals surface area contributed by atoms with Crippen LogP contribution in [0.5, 0.6) is 0 Å². The van der Waals surface area contributed by atoms with E-state index in [4.69, 9.17) is 4.74 Å². The van der Waals surface area contributed by atoms with Gasteiger partial charge < -0.3 is 15.0 Å². The van der Waals surface area contributed by atoms with Crippen LogP contribution in [0.3, 0.4) is 0 Å². The predicted molar refractivity (Wildman–Crippen MR) is 169 cm³/mol. The number of carbonyl (C=O) groups is 3. The van der Waals surface area contributed by atoms with Crippen LogP contribution in [0.25, 0.3) is 27.6 Å². The molecule has 1 fully saturated rings. The van der Waals surface area contributed by atoms with Gasteiger partial charge in [-0.3, -0.25) is 14.5 Å². The van der Waals surface area contributed by atoms with Crippen molar-refractivity contribution in [1.29, 1.82) is 0 Å². The number of hydrogen-bond donors (Lipinski definition) is 1. The molecule has 6 rings (SSSR count). The molecule has 12 nitrogen and oxygen atoms in total. The molecule has 0 radical (unpaired) electrons. The molecule has 1 aliphatic rings. The highest BCUT2D eigenvalue weighted by molar-refractivity contribution is 6.11. The molecule has 13 heteroatoms. The summed E-state index contributed by atoms with van der Waals surface area (Å²) in [7, 11) is 1.55. The lowest BCUT2D eigenvalue weighted by atomic mass is 10.0. The molecule has 0 aliphatic carbocycles. The number of anilines is 1. The molecular formula is C33H33FN8O4. The number of halogens is 1. The van der Waals surface area contributed by atoms with Gasteiger partial charge in [0.2, 0.25) is 0 Å². The van der Waals surface area contributed by atoms with E-state index in [0.29, 0.717) is 52.6 Å². The van der Waals surface area contributed by atoms with Crippen molar-refractivity contribution >= 4 is 45.7 Å². The van der Waals surface area contributed by atoms with Crippen molar-refractivity contribution < 1.29 is 23.5 Å². The third-order valence-corrected chi connectivity index (χ3v) is 7.73. The standard InChI is InChI=1S/C33H33FN8O4/c1-33(2,3)46-32(45)40-16-6-7-23(19-40)41(28-24-11-9-21(30(43)35-4)17-20(24)13-15-37-28)31(44)25-12-10-22(18-26(25)34)42-29-27(38-39-42)8-5-14-36-29/h5,8-15,17-18,23H,6-7,16,19H2,1-4H3,(H,35,43)/t23-/m1/s1. The van der Waals surface area contributed by atoms with E-state index in [9.17, 15) is 14.4 Å². The van der Waals surface area contributed by atoms with Crippen molar-refractivity contribution in [2.24, 2.45) is 0 Å². The summed E-state index contributed by atoms with van der Waals surface area (Å²) in [5.74, 6) is -1.37. The average Bonchev–Trinajstić information content (AvgIpc) is 3.48. The minimum absolute atomic E-state index is 0.158. The third-order valence-electron chi connectivity index (χ3n) is 7.73. The molecule has 4 heterocycles. The number of rotatable bonds is 5. The largest absolute Gasteiger partial charge is 0.444 e. The Labute approximate surface area is 264 Å². The highest BCUT2D eigenvalue weighted by Crippen LogP contribution is 2.32. The number of carbonyl (C=O) groups excluding carboxylic acids is 3. The number of nitrogens with one attached hydrogen (secondary N) is 1. The molecule has 1 N–H and O–H groups in total. The summed E-state index contributed by atoms with van der Waals surface area (Å²) in [5, 5.41) is 12.1. The third kappa shape index (κ3) is 5.95. The van der Waals surface area contributed by atoms with Crippen LogP contribution in [0.1, 0.15) is 54.3 Å². The molecule has 0 saturated carbocycles. The topological polar surface area (TPSA) is 135 Å². The van der Waals surface area contributed by atoms with Gasteiger partial charge in [-0.15, -0.1) is 5.10 Å². The second kappa shape index (κ2) is 12.1. The second-order valence-corrected chi connectivity index (χ2v) is 12.1. The zero-order valence-electron chi connectivity index (χ0n) is 25.9. The fourth-order valence-corrected chi connectivity index (χ4v) is 5.61. The number of likely N-dealkylation sites (tertiary alicyclic amines) is 1. The first-order valence-corrected chi connectivity index (χ1v) is 14.9. The van der Waals surface area contributed by atoms with Crippen LogP contribution in [0.15, 0.2) is 67.0 Å². The lowest BCUT2D eigenvalue weighted by molar-refractivity contribution is 0.0196. The maximum absolute atomic E-state index is 15.9. The first-order valence-electron chi connectivity index (χ1n) is 14.9. The number of hydrogen-bond acceptors (Lipinski definition) is 8.